The molecule has 2 bridgehead atoms. The Hall–Kier alpha value is -1.22. The number of hydrogen-bond acceptors (Lipinski definition) is 2. The van der Waals surface area contributed by atoms with Gasteiger partial charge in [-0.1, -0.05) is 18.6 Å². The molecule has 1 aromatic carbocycles. The topological polar surface area (TPSA) is 20.3 Å². The van der Waals surface area contributed by atoms with Crippen molar-refractivity contribution >= 4 is 5.78 Å². The predicted molar refractivity (Wildman–Crippen MR) is 77.0 cm³/mol. The summed E-state index contributed by atoms with van der Waals surface area (Å²) in [6.07, 6.45) is 6.09. The Kier molecular flexibility index (Phi) is 3.88. The number of hydrogen-bond donors (Lipinski definition) is 0. The minimum absolute atomic E-state index is 0.171. The molecule has 0 aliphatic carbocycles. The van der Waals surface area contributed by atoms with Crippen molar-refractivity contribution in [3.05, 3.63) is 35.6 Å². The number of benzene rings is 1. The second kappa shape index (κ2) is 5.65. The van der Waals surface area contributed by atoms with Crippen LogP contribution in [-0.2, 0) is 11.2 Å². The molecule has 3 rings (SSSR count). The van der Waals surface area contributed by atoms with Gasteiger partial charge in [-0.05, 0) is 50.4 Å². The quantitative estimate of drug-likeness (QED) is 0.844. The Morgan fingerprint density at radius 1 is 1.30 bits per heavy atom. The van der Waals surface area contributed by atoms with Gasteiger partial charge < -0.3 is 4.90 Å². The van der Waals surface area contributed by atoms with E-state index >= 15 is 0 Å². The lowest BCUT2D eigenvalue weighted by molar-refractivity contribution is -0.125. The molecule has 1 aromatic rings. The Morgan fingerprint density at radius 3 is 2.65 bits per heavy atom. The van der Waals surface area contributed by atoms with E-state index < -0.39 is 0 Å². The van der Waals surface area contributed by atoms with Gasteiger partial charge in [0.15, 0.2) is 0 Å². The van der Waals surface area contributed by atoms with Gasteiger partial charge in [0.25, 0.3) is 0 Å². The van der Waals surface area contributed by atoms with Crippen molar-refractivity contribution < 1.29 is 9.18 Å². The van der Waals surface area contributed by atoms with Crippen molar-refractivity contribution in [1.29, 1.82) is 0 Å². The van der Waals surface area contributed by atoms with Crippen LogP contribution in [0.25, 0.3) is 0 Å². The highest BCUT2D eigenvalue weighted by Crippen LogP contribution is 2.36. The predicted octanol–water partition coefficient (Wildman–Crippen LogP) is 3.20. The lowest BCUT2D eigenvalue weighted by Gasteiger charge is -2.46. The molecular formula is C17H22FNO. The number of carbonyl (C=O) groups excluding carboxylic acids is 1. The smallest absolute Gasteiger partial charge is 0.140 e. The molecule has 0 N–H and O–H groups in total. The van der Waals surface area contributed by atoms with E-state index in [-0.39, 0.29) is 11.7 Å². The first kappa shape index (κ1) is 13.7. The minimum Gasteiger partial charge on any atom is -0.300 e. The van der Waals surface area contributed by atoms with Crippen LogP contribution >= 0.6 is 0 Å². The molecule has 0 saturated carbocycles. The molecule has 2 nitrogen and oxygen atoms in total. The fourth-order valence-corrected chi connectivity index (χ4v) is 3.87. The maximum Gasteiger partial charge on any atom is 0.140 e. The van der Waals surface area contributed by atoms with Crippen LogP contribution in [0.5, 0.6) is 0 Å². The molecule has 2 atom stereocenters. The summed E-state index contributed by atoms with van der Waals surface area (Å²) in [7, 11) is 2.20. The van der Waals surface area contributed by atoms with Crippen molar-refractivity contribution in [3.8, 4) is 0 Å². The Labute approximate surface area is 120 Å². The van der Waals surface area contributed by atoms with Crippen LogP contribution < -0.4 is 0 Å². The number of Topliss-reactive ketones (excluding diaryl/α,β-unsaturated/α-hetero) is 1. The summed E-state index contributed by atoms with van der Waals surface area (Å²) in [5.41, 5.74) is 0.805. The third-order valence-electron chi connectivity index (χ3n) is 5.06. The first-order chi connectivity index (χ1) is 9.63. The summed E-state index contributed by atoms with van der Waals surface area (Å²) in [5, 5.41) is 0. The van der Waals surface area contributed by atoms with E-state index in [2.05, 4.69) is 11.9 Å². The van der Waals surface area contributed by atoms with E-state index in [1.165, 1.54) is 31.4 Å². The number of piperidine rings is 2. The van der Waals surface area contributed by atoms with Crippen LogP contribution in [0.3, 0.4) is 0 Å². The molecule has 0 radical (unpaired) electrons. The summed E-state index contributed by atoms with van der Waals surface area (Å²) >= 11 is 0. The average Bonchev–Trinajstić information content (AvgIpc) is 2.38. The third-order valence-corrected chi connectivity index (χ3v) is 5.06. The molecule has 2 heterocycles. The highest BCUT2D eigenvalue weighted by Gasteiger charge is 2.38. The maximum atomic E-state index is 13.2. The maximum absolute atomic E-state index is 13.2. The van der Waals surface area contributed by atoms with Crippen LogP contribution in [0, 0.1) is 11.7 Å². The molecule has 108 valence electrons. The molecule has 2 fully saturated rings. The van der Waals surface area contributed by atoms with Crippen molar-refractivity contribution in [2.45, 2.75) is 50.6 Å². The van der Waals surface area contributed by atoms with Gasteiger partial charge >= 0.3 is 0 Å². The monoisotopic (exact) mass is 275 g/mol. The molecule has 3 heteroatoms. The molecule has 20 heavy (non-hydrogen) atoms. The molecule has 2 aliphatic rings. The van der Waals surface area contributed by atoms with Gasteiger partial charge in [0, 0.05) is 24.4 Å². The number of ketones is 1. The standard InChI is InChI=1S/C17H22FNO/c1-19-15-6-3-7-16(19)11-13(10-15)17(20)9-12-4-2-5-14(18)8-12/h2,4-5,8,13,15-16H,3,6-7,9-11H2,1H3. The summed E-state index contributed by atoms with van der Waals surface area (Å²) in [5.74, 6) is 0.209. The zero-order valence-corrected chi connectivity index (χ0v) is 12.0. The van der Waals surface area contributed by atoms with E-state index in [4.69, 9.17) is 0 Å². The van der Waals surface area contributed by atoms with Crippen LogP contribution in [0.4, 0.5) is 4.39 Å². The van der Waals surface area contributed by atoms with E-state index in [1.807, 2.05) is 6.07 Å². The normalized spacial score (nSPS) is 30.2. The van der Waals surface area contributed by atoms with Gasteiger partial charge in [0.05, 0.1) is 0 Å². The van der Waals surface area contributed by atoms with Crippen molar-refractivity contribution in [2.75, 3.05) is 7.05 Å². The molecule has 0 aromatic heterocycles. The zero-order valence-electron chi connectivity index (χ0n) is 12.0. The summed E-state index contributed by atoms with van der Waals surface area (Å²) in [4.78, 5) is 14.9. The van der Waals surface area contributed by atoms with Gasteiger partial charge in [0.1, 0.15) is 11.6 Å². The molecule has 2 unspecified atom stereocenters. The molecule has 2 saturated heterocycles. The van der Waals surface area contributed by atoms with Crippen LogP contribution in [0.15, 0.2) is 24.3 Å². The fraction of sp³-hybridized carbons (Fsp3) is 0.588. The number of halogens is 1. The highest BCUT2D eigenvalue weighted by molar-refractivity contribution is 5.83. The Morgan fingerprint density at radius 2 is 2.00 bits per heavy atom. The van der Waals surface area contributed by atoms with Crippen LogP contribution in [0.1, 0.15) is 37.7 Å². The largest absolute Gasteiger partial charge is 0.300 e. The SMILES string of the molecule is CN1C2CCCC1CC(C(=O)Cc1cccc(F)c1)C2. The molecule has 2 aliphatic heterocycles. The van der Waals surface area contributed by atoms with Gasteiger partial charge in [-0.2, -0.15) is 0 Å². The van der Waals surface area contributed by atoms with Crippen molar-refractivity contribution in [3.63, 3.8) is 0 Å². The zero-order chi connectivity index (χ0) is 14.1. The summed E-state index contributed by atoms with van der Waals surface area (Å²) in [6.45, 7) is 0. The van der Waals surface area contributed by atoms with Crippen LogP contribution in [-0.4, -0.2) is 29.8 Å². The average molecular weight is 275 g/mol. The van der Waals surface area contributed by atoms with E-state index in [9.17, 15) is 9.18 Å². The van der Waals surface area contributed by atoms with E-state index in [1.54, 1.807) is 6.07 Å². The minimum atomic E-state index is -0.254. The summed E-state index contributed by atoms with van der Waals surface area (Å²) in [6, 6.07) is 7.58. The lowest BCUT2D eigenvalue weighted by Crippen LogP contribution is -2.51. The van der Waals surface area contributed by atoms with Gasteiger partial charge in [-0.15, -0.1) is 0 Å². The van der Waals surface area contributed by atoms with Crippen LogP contribution in [0.2, 0.25) is 0 Å². The second-order valence-electron chi connectivity index (χ2n) is 6.35. The molecular weight excluding hydrogens is 253 g/mol. The van der Waals surface area contributed by atoms with Gasteiger partial charge in [-0.25, -0.2) is 4.39 Å². The summed E-state index contributed by atoms with van der Waals surface area (Å²) < 4.78 is 13.2. The Bertz CT molecular complexity index is 488. The number of carbonyl (C=O) groups is 1. The Balaban J connectivity index is 1.66. The number of rotatable bonds is 3. The number of nitrogens with zero attached hydrogens (tertiary/aromatic N) is 1. The van der Waals surface area contributed by atoms with E-state index in [0.717, 1.165) is 18.4 Å². The second-order valence-corrected chi connectivity index (χ2v) is 6.35. The number of fused-ring (bicyclic) bond motifs is 2. The first-order valence-corrected chi connectivity index (χ1v) is 7.62. The van der Waals surface area contributed by atoms with Crippen molar-refractivity contribution in [1.82, 2.24) is 4.90 Å². The van der Waals surface area contributed by atoms with Crippen molar-refractivity contribution in [2.24, 2.45) is 5.92 Å². The lowest BCUT2D eigenvalue weighted by atomic mass is 9.76. The van der Waals surface area contributed by atoms with E-state index in [0.29, 0.717) is 24.3 Å². The van der Waals surface area contributed by atoms with Gasteiger partial charge in [-0.3, -0.25) is 4.79 Å². The third kappa shape index (κ3) is 2.78. The fourth-order valence-electron chi connectivity index (χ4n) is 3.87. The molecule has 0 amide bonds. The first-order valence-electron chi connectivity index (χ1n) is 7.62. The molecule has 0 spiro atoms. The highest BCUT2D eigenvalue weighted by atomic mass is 19.1. The van der Waals surface area contributed by atoms with Gasteiger partial charge in [0.2, 0.25) is 0 Å².